The van der Waals surface area contributed by atoms with E-state index in [0.717, 1.165) is 43.5 Å². The van der Waals surface area contributed by atoms with Gasteiger partial charge in [0.25, 0.3) is 5.91 Å². The van der Waals surface area contributed by atoms with E-state index in [1.54, 1.807) is 6.07 Å². The summed E-state index contributed by atoms with van der Waals surface area (Å²) < 4.78 is 25.1. The Balaban J connectivity index is 1.30. The molecule has 0 unspecified atom stereocenters. The Hall–Kier alpha value is -1.98. The van der Waals surface area contributed by atoms with E-state index in [0.29, 0.717) is 60.3 Å². The van der Waals surface area contributed by atoms with Crippen molar-refractivity contribution in [3.05, 3.63) is 51.4 Å². The average Bonchev–Trinajstić information content (AvgIpc) is 2.86. The second-order valence-electron chi connectivity index (χ2n) is 9.34. The van der Waals surface area contributed by atoms with Crippen molar-refractivity contribution in [3.63, 3.8) is 0 Å². The molecule has 0 atom stereocenters. The van der Waals surface area contributed by atoms with Gasteiger partial charge in [0.2, 0.25) is 10.0 Å². The van der Waals surface area contributed by atoms with Crippen LogP contribution in [0, 0.1) is 6.92 Å². The van der Waals surface area contributed by atoms with Crippen molar-refractivity contribution in [1.82, 2.24) is 24.1 Å². The zero-order valence-corrected chi connectivity index (χ0v) is 22.9. The Morgan fingerprint density at radius 2 is 1.75 bits per heavy atom. The van der Waals surface area contributed by atoms with Crippen LogP contribution in [0.1, 0.15) is 34.5 Å². The molecule has 36 heavy (non-hydrogen) atoms. The van der Waals surface area contributed by atoms with Crippen LogP contribution >= 0.6 is 23.2 Å². The number of hydrogen-bond donors (Lipinski definition) is 1. The summed E-state index contributed by atoms with van der Waals surface area (Å²) in [6, 6.07) is 5.93. The molecular weight excluding hydrogens is 523 g/mol. The number of sulfonamides is 1. The Kier molecular flexibility index (Phi) is 8.72. The molecule has 0 saturated carbocycles. The topological polar surface area (TPSA) is 98.7 Å². The summed E-state index contributed by atoms with van der Waals surface area (Å²) in [5.41, 5.74) is 2.21. The van der Waals surface area contributed by atoms with Gasteiger partial charge in [0.15, 0.2) is 0 Å². The van der Waals surface area contributed by atoms with Gasteiger partial charge in [0.05, 0.1) is 16.3 Å². The van der Waals surface area contributed by atoms with Gasteiger partial charge < -0.3 is 10.2 Å². The number of nitrogens with zero attached hydrogens (tertiary/aromatic N) is 5. The number of aromatic nitrogens is 2. The number of amides is 1. The molecule has 0 bridgehead atoms. The van der Waals surface area contributed by atoms with Gasteiger partial charge in [-0.3, -0.25) is 9.69 Å². The van der Waals surface area contributed by atoms with E-state index in [-0.39, 0.29) is 5.91 Å². The maximum atomic E-state index is 13.3. The first kappa shape index (κ1) is 27.1. The molecule has 2 aromatic rings. The summed E-state index contributed by atoms with van der Waals surface area (Å²) in [4.78, 5) is 26.1. The van der Waals surface area contributed by atoms with Crippen molar-refractivity contribution in [2.45, 2.75) is 32.2 Å². The fourth-order valence-electron chi connectivity index (χ4n) is 4.85. The molecule has 12 heteroatoms. The second-order valence-corrected chi connectivity index (χ2v) is 12.1. The number of piperazine rings is 1. The molecule has 2 aliphatic rings. The van der Waals surface area contributed by atoms with Crippen LogP contribution in [0.2, 0.25) is 10.0 Å². The normalized spacial score (nSPS) is 18.4. The standard InChI is InChI=1S/C24H32Cl2N6O3S/c1-17-22(28-16-29-23(17)27-8-5-18-3-4-20(25)21(26)15-18)24(33)31-9-6-19(7-10-31)30-11-13-32(14-12-30)36(2,34)35/h3-4,15-16,19H,5-14H2,1-2H3,(H,27,28,29). The Morgan fingerprint density at radius 1 is 1.06 bits per heavy atom. The van der Waals surface area contributed by atoms with Gasteiger partial charge in [-0.05, 0) is 43.9 Å². The van der Waals surface area contributed by atoms with Crippen LogP contribution in [0.5, 0.6) is 0 Å². The van der Waals surface area contributed by atoms with Gasteiger partial charge in [0.1, 0.15) is 17.8 Å². The van der Waals surface area contributed by atoms with Crippen LogP contribution < -0.4 is 5.32 Å². The number of benzene rings is 1. The number of carbonyl (C=O) groups is 1. The molecule has 0 spiro atoms. The fourth-order valence-corrected chi connectivity index (χ4v) is 6.00. The molecule has 0 radical (unpaired) electrons. The van der Waals surface area contributed by atoms with Crippen molar-refractivity contribution in [3.8, 4) is 0 Å². The van der Waals surface area contributed by atoms with Crippen molar-refractivity contribution in [2.75, 3.05) is 57.4 Å². The van der Waals surface area contributed by atoms with Crippen molar-refractivity contribution in [2.24, 2.45) is 0 Å². The molecule has 1 aromatic heterocycles. The monoisotopic (exact) mass is 554 g/mol. The largest absolute Gasteiger partial charge is 0.369 e. The molecule has 4 rings (SSSR count). The van der Waals surface area contributed by atoms with Gasteiger partial charge >= 0.3 is 0 Å². The van der Waals surface area contributed by atoms with E-state index < -0.39 is 10.0 Å². The predicted molar refractivity (Wildman–Crippen MR) is 142 cm³/mol. The number of nitrogens with one attached hydrogen (secondary N) is 1. The number of halogens is 2. The third kappa shape index (κ3) is 6.47. The molecule has 1 aromatic carbocycles. The highest BCUT2D eigenvalue weighted by Gasteiger charge is 2.32. The van der Waals surface area contributed by atoms with Gasteiger partial charge in [-0.25, -0.2) is 18.4 Å². The number of carbonyl (C=O) groups excluding carboxylic acids is 1. The SMILES string of the molecule is Cc1c(NCCc2ccc(Cl)c(Cl)c2)ncnc1C(=O)N1CCC(N2CCN(S(C)(=O)=O)CC2)CC1. The smallest absolute Gasteiger partial charge is 0.272 e. The quantitative estimate of drug-likeness (QED) is 0.561. The van der Waals surface area contributed by atoms with Gasteiger partial charge in [-0.15, -0.1) is 0 Å². The third-order valence-electron chi connectivity index (χ3n) is 6.99. The average molecular weight is 556 g/mol. The number of hydrogen-bond acceptors (Lipinski definition) is 7. The van der Waals surface area contributed by atoms with E-state index in [1.807, 2.05) is 24.0 Å². The fraction of sp³-hybridized carbons (Fsp3) is 0.542. The van der Waals surface area contributed by atoms with Crippen LogP contribution in [-0.2, 0) is 16.4 Å². The maximum absolute atomic E-state index is 13.3. The summed E-state index contributed by atoms with van der Waals surface area (Å²) in [6.45, 7) is 6.31. The van der Waals surface area contributed by atoms with Crippen molar-refractivity contribution in [1.29, 1.82) is 0 Å². The van der Waals surface area contributed by atoms with Crippen LogP contribution in [0.15, 0.2) is 24.5 Å². The first-order valence-corrected chi connectivity index (χ1v) is 14.7. The Bertz CT molecular complexity index is 1200. The molecule has 1 N–H and O–H groups in total. The highest BCUT2D eigenvalue weighted by molar-refractivity contribution is 7.88. The van der Waals surface area contributed by atoms with Gasteiger partial charge in [0, 0.05) is 57.4 Å². The minimum atomic E-state index is -3.14. The first-order chi connectivity index (χ1) is 17.1. The zero-order chi connectivity index (χ0) is 25.9. The lowest BCUT2D eigenvalue weighted by molar-refractivity contribution is 0.0557. The maximum Gasteiger partial charge on any atom is 0.272 e. The number of likely N-dealkylation sites (tertiary alicyclic amines) is 1. The Labute approximate surface area is 222 Å². The van der Waals surface area contributed by atoms with E-state index in [1.165, 1.54) is 16.9 Å². The predicted octanol–water partition coefficient (Wildman–Crippen LogP) is 2.93. The van der Waals surface area contributed by atoms with Crippen LogP contribution in [0.3, 0.4) is 0 Å². The lowest BCUT2D eigenvalue weighted by atomic mass is 10.0. The summed E-state index contributed by atoms with van der Waals surface area (Å²) >= 11 is 12.1. The second kappa shape index (κ2) is 11.6. The summed E-state index contributed by atoms with van der Waals surface area (Å²) in [5.74, 6) is 0.565. The highest BCUT2D eigenvalue weighted by atomic mass is 35.5. The summed E-state index contributed by atoms with van der Waals surface area (Å²) in [6.07, 6.45) is 5.15. The highest BCUT2D eigenvalue weighted by Crippen LogP contribution is 2.24. The summed E-state index contributed by atoms with van der Waals surface area (Å²) in [7, 11) is -3.14. The number of piperidine rings is 1. The van der Waals surface area contributed by atoms with Crippen molar-refractivity contribution < 1.29 is 13.2 Å². The molecular formula is C24H32Cl2N6O3S. The molecule has 2 aliphatic heterocycles. The van der Waals surface area contributed by atoms with E-state index in [9.17, 15) is 13.2 Å². The lowest BCUT2D eigenvalue weighted by Gasteiger charge is -2.42. The van der Waals surface area contributed by atoms with Gasteiger partial charge in [-0.2, -0.15) is 4.31 Å². The van der Waals surface area contributed by atoms with Gasteiger partial charge in [-0.1, -0.05) is 29.3 Å². The van der Waals surface area contributed by atoms with E-state index in [4.69, 9.17) is 23.2 Å². The first-order valence-electron chi connectivity index (χ1n) is 12.1. The molecule has 2 saturated heterocycles. The molecule has 9 nitrogen and oxygen atoms in total. The minimum absolute atomic E-state index is 0.0808. The molecule has 196 valence electrons. The molecule has 3 heterocycles. The number of rotatable bonds is 7. The van der Waals surface area contributed by atoms with E-state index >= 15 is 0 Å². The van der Waals surface area contributed by atoms with Crippen LogP contribution in [0.25, 0.3) is 0 Å². The Morgan fingerprint density at radius 3 is 2.39 bits per heavy atom. The molecule has 0 aliphatic carbocycles. The van der Waals surface area contributed by atoms with Crippen molar-refractivity contribution >= 4 is 45.0 Å². The van der Waals surface area contributed by atoms with E-state index in [2.05, 4.69) is 20.2 Å². The lowest BCUT2D eigenvalue weighted by Crippen LogP contribution is -2.54. The zero-order valence-electron chi connectivity index (χ0n) is 20.6. The molecule has 2 fully saturated rings. The van der Waals surface area contributed by atoms with Crippen LogP contribution in [-0.4, -0.2) is 96.5 Å². The summed E-state index contributed by atoms with van der Waals surface area (Å²) in [5, 5.41) is 4.36. The number of anilines is 1. The molecule has 1 amide bonds. The third-order valence-corrected chi connectivity index (χ3v) is 9.03. The minimum Gasteiger partial charge on any atom is -0.369 e. The van der Waals surface area contributed by atoms with Crippen LogP contribution in [0.4, 0.5) is 5.82 Å².